The second-order valence-corrected chi connectivity index (χ2v) is 5.15. The molecule has 0 aliphatic rings. The number of methoxy groups -OCH3 is 1. The van der Waals surface area contributed by atoms with Gasteiger partial charge in [0.2, 0.25) is 11.8 Å². The molecule has 122 valence electrons. The highest BCUT2D eigenvalue weighted by atomic mass is 16.5. The first-order chi connectivity index (χ1) is 11.0. The molecule has 7 nitrogen and oxygen atoms in total. The van der Waals surface area contributed by atoms with Crippen molar-refractivity contribution in [3.8, 4) is 5.88 Å². The molecule has 0 fully saturated rings. The summed E-state index contributed by atoms with van der Waals surface area (Å²) in [6.45, 7) is 0.391. The third kappa shape index (κ3) is 4.32. The molecule has 0 spiro atoms. The number of benzene rings is 1. The predicted octanol–water partition coefficient (Wildman–Crippen LogP) is 0.817. The molecule has 2 rings (SSSR count). The number of ether oxygens (including phenoxy) is 1. The zero-order valence-electron chi connectivity index (χ0n) is 13.4. The van der Waals surface area contributed by atoms with Gasteiger partial charge in [-0.05, 0) is 5.56 Å². The highest BCUT2D eigenvalue weighted by Gasteiger charge is 2.21. The summed E-state index contributed by atoms with van der Waals surface area (Å²) in [4.78, 5) is 25.7. The summed E-state index contributed by atoms with van der Waals surface area (Å²) < 4.78 is 6.56. The Morgan fingerprint density at radius 3 is 2.65 bits per heavy atom. The number of hydrogen-bond donors (Lipinski definition) is 1. The largest absolute Gasteiger partial charge is 0.479 e. The van der Waals surface area contributed by atoms with Gasteiger partial charge in [-0.15, -0.1) is 5.10 Å². The fourth-order valence-electron chi connectivity index (χ4n) is 2.11. The van der Waals surface area contributed by atoms with E-state index >= 15 is 0 Å². The SMILES string of the molecule is COc1nn(C)cc1C(=O)N(C)CC(=O)NCc1ccccc1. The molecule has 1 aromatic heterocycles. The second-order valence-electron chi connectivity index (χ2n) is 5.15. The molecule has 0 aliphatic carbocycles. The van der Waals surface area contributed by atoms with E-state index in [-0.39, 0.29) is 24.2 Å². The molecule has 2 aromatic rings. The van der Waals surface area contributed by atoms with E-state index in [1.165, 1.54) is 16.7 Å². The zero-order chi connectivity index (χ0) is 16.8. The summed E-state index contributed by atoms with van der Waals surface area (Å²) in [5, 5.41) is 6.82. The molecule has 0 saturated heterocycles. The third-order valence-electron chi connectivity index (χ3n) is 3.28. The fraction of sp³-hybridized carbons (Fsp3) is 0.312. The van der Waals surface area contributed by atoms with Crippen LogP contribution < -0.4 is 10.1 Å². The van der Waals surface area contributed by atoms with Gasteiger partial charge in [0, 0.05) is 26.8 Å². The minimum atomic E-state index is -0.315. The molecule has 1 heterocycles. The van der Waals surface area contributed by atoms with Crippen LogP contribution in [-0.2, 0) is 18.4 Å². The van der Waals surface area contributed by atoms with E-state index in [1.807, 2.05) is 30.3 Å². The van der Waals surface area contributed by atoms with Gasteiger partial charge in [0.05, 0.1) is 13.7 Å². The topological polar surface area (TPSA) is 76.5 Å². The number of likely N-dealkylation sites (N-methyl/N-ethyl adjacent to an activating group) is 1. The van der Waals surface area contributed by atoms with E-state index in [4.69, 9.17) is 4.74 Å². The average Bonchev–Trinajstić information content (AvgIpc) is 2.94. The van der Waals surface area contributed by atoms with E-state index in [2.05, 4.69) is 10.4 Å². The second kappa shape index (κ2) is 7.44. The van der Waals surface area contributed by atoms with Gasteiger partial charge < -0.3 is 15.0 Å². The number of nitrogens with zero attached hydrogens (tertiary/aromatic N) is 3. The number of aryl methyl sites for hydroxylation is 1. The Bertz CT molecular complexity index is 682. The molecule has 1 aromatic carbocycles. The standard InChI is InChI=1S/C16H20N4O3/c1-19(16(22)13-10-20(2)18-15(13)23-3)11-14(21)17-9-12-7-5-4-6-8-12/h4-8,10H,9,11H2,1-3H3,(H,17,21). The first-order valence-corrected chi connectivity index (χ1v) is 7.15. The number of amides is 2. The maximum Gasteiger partial charge on any atom is 0.261 e. The van der Waals surface area contributed by atoms with Gasteiger partial charge in [0.15, 0.2) is 0 Å². The summed E-state index contributed by atoms with van der Waals surface area (Å²) in [7, 11) is 4.72. The summed E-state index contributed by atoms with van der Waals surface area (Å²) in [6, 6.07) is 9.59. The lowest BCUT2D eigenvalue weighted by atomic mass is 10.2. The molecule has 0 saturated carbocycles. The molecule has 0 radical (unpaired) electrons. The Labute approximate surface area is 134 Å². The lowest BCUT2D eigenvalue weighted by Crippen LogP contribution is -2.38. The van der Waals surface area contributed by atoms with Crippen LogP contribution in [0.5, 0.6) is 5.88 Å². The van der Waals surface area contributed by atoms with Crippen LogP contribution in [0, 0.1) is 0 Å². The Morgan fingerprint density at radius 1 is 1.30 bits per heavy atom. The minimum absolute atomic E-state index is 0.0380. The van der Waals surface area contributed by atoms with E-state index in [9.17, 15) is 9.59 Å². The average molecular weight is 316 g/mol. The lowest BCUT2D eigenvalue weighted by Gasteiger charge is -2.16. The Balaban J connectivity index is 1.91. The number of nitrogens with one attached hydrogen (secondary N) is 1. The van der Waals surface area contributed by atoms with Crippen LogP contribution >= 0.6 is 0 Å². The van der Waals surface area contributed by atoms with Crippen LogP contribution in [-0.4, -0.2) is 47.2 Å². The zero-order valence-corrected chi connectivity index (χ0v) is 13.4. The van der Waals surface area contributed by atoms with Crippen molar-refractivity contribution in [2.24, 2.45) is 7.05 Å². The fourth-order valence-corrected chi connectivity index (χ4v) is 2.11. The van der Waals surface area contributed by atoms with Crippen molar-refractivity contribution in [1.29, 1.82) is 0 Å². The summed E-state index contributed by atoms with van der Waals surface area (Å²) in [5.74, 6) is -0.300. The van der Waals surface area contributed by atoms with Gasteiger partial charge in [-0.1, -0.05) is 30.3 Å². The molecule has 1 N–H and O–H groups in total. The van der Waals surface area contributed by atoms with Crippen molar-refractivity contribution in [3.63, 3.8) is 0 Å². The van der Waals surface area contributed by atoms with Crippen molar-refractivity contribution in [3.05, 3.63) is 47.7 Å². The summed E-state index contributed by atoms with van der Waals surface area (Å²) in [5.41, 5.74) is 1.33. The van der Waals surface area contributed by atoms with Gasteiger partial charge >= 0.3 is 0 Å². The molecular weight excluding hydrogens is 296 g/mol. The Morgan fingerprint density at radius 2 is 2.00 bits per heavy atom. The number of aromatic nitrogens is 2. The van der Waals surface area contributed by atoms with Crippen LogP contribution in [0.1, 0.15) is 15.9 Å². The first-order valence-electron chi connectivity index (χ1n) is 7.15. The van der Waals surface area contributed by atoms with Crippen molar-refractivity contribution >= 4 is 11.8 Å². The van der Waals surface area contributed by atoms with Crippen LogP contribution in [0.3, 0.4) is 0 Å². The third-order valence-corrected chi connectivity index (χ3v) is 3.28. The van der Waals surface area contributed by atoms with Gasteiger partial charge in [0.25, 0.3) is 5.91 Å². The smallest absolute Gasteiger partial charge is 0.261 e. The van der Waals surface area contributed by atoms with Crippen molar-refractivity contribution < 1.29 is 14.3 Å². The Hall–Kier alpha value is -2.83. The molecular formula is C16H20N4O3. The monoisotopic (exact) mass is 316 g/mol. The first kappa shape index (κ1) is 16.5. The number of carbonyl (C=O) groups is 2. The van der Waals surface area contributed by atoms with Crippen LogP contribution in [0.25, 0.3) is 0 Å². The van der Waals surface area contributed by atoms with Crippen molar-refractivity contribution in [1.82, 2.24) is 20.0 Å². The van der Waals surface area contributed by atoms with E-state index < -0.39 is 0 Å². The molecule has 2 amide bonds. The highest BCUT2D eigenvalue weighted by molar-refractivity contribution is 5.98. The maximum atomic E-state index is 12.4. The summed E-state index contributed by atoms with van der Waals surface area (Å²) >= 11 is 0. The summed E-state index contributed by atoms with van der Waals surface area (Å²) in [6.07, 6.45) is 1.57. The lowest BCUT2D eigenvalue weighted by molar-refractivity contribution is -0.121. The Kier molecular flexibility index (Phi) is 5.35. The van der Waals surface area contributed by atoms with Crippen LogP contribution in [0.15, 0.2) is 36.5 Å². The molecule has 0 atom stereocenters. The number of carbonyl (C=O) groups excluding carboxylic acids is 2. The predicted molar refractivity (Wildman–Crippen MR) is 85.0 cm³/mol. The number of hydrogen-bond acceptors (Lipinski definition) is 4. The van der Waals surface area contributed by atoms with Crippen molar-refractivity contribution in [2.75, 3.05) is 20.7 Å². The molecule has 0 bridgehead atoms. The normalized spacial score (nSPS) is 10.2. The van der Waals surface area contributed by atoms with Crippen LogP contribution in [0.4, 0.5) is 0 Å². The maximum absolute atomic E-state index is 12.4. The van der Waals surface area contributed by atoms with Gasteiger partial charge in [-0.2, -0.15) is 0 Å². The molecule has 0 unspecified atom stereocenters. The van der Waals surface area contributed by atoms with Gasteiger partial charge in [-0.3, -0.25) is 14.3 Å². The van der Waals surface area contributed by atoms with Crippen molar-refractivity contribution in [2.45, 2.75) is 6.54 Å². The van der Waals surface area contributed by atoms with E-state index in [0.29, 0.717) is 12.1 Å². The highest BCUT2D eigenvalue weighted by Crippen LogP contribution is 2.16. The van der Waals surface area contributed by atoms with Gasteiger partial charge in [-0.25, -0.2) is 0 Å². The van der Waals surface area contributed by atoms with E-state index in [0.717, 1.165) is 5.56 Å². The van der Waals surface area contributed by atoms with E-state index in [1.54, 1.807) is 20.3 Å². The molecule has 0 aliphatic heterocycles. The van der Waals surface area contributed by atoms with Crippen LogP contribution in [0.2, 0.25) is 0 Å². The quantitative estimate of drug-likeness (QED) is 0.856. The van der Waals surface area contributed by atoms with Gasteiger partial charge in [0.1, 0.15) is 5.56 Å². The molecule has 7 heteroatoms. The molecule has 23 heavy (non-hydrogen) atoms. The number of rotatable bonds is 6. The minimum Gasteiger partial charge on any atom is -0.479 e.